The summed E-state index contributed by atoms with van der Waals surface area (Å²) in [5.74, 6) is 0.664. The maximum atomic E-state index is 12.3. The van der Waals surface area contributed by atoms with Crippen LogP contribution in [0.5, 0.6) is 5.75 Å². The van der Waals surface area contributed by atoms with Crippen LogP contribution in [-0.2, 0) is 4.79 Å². The van der Waals surface area contributed by atoms with Gasteiger partial charge in [-0.1, -0.05) is 11.6 Å². The first-order chi connectivity index (χ1) is 11.7. The normalized spacial score (nSPS) is 16.1. The summed E-state index contributed by atoms with van der Waals surface area (Å²) >= 11 is 5.94. The van der Waals surface area contributed by atoms with E-state index in [1.165, 1.54) is 4.90 Å². The number of hydrogen-bond donors (Lipinski definition) is 0. The van der Waals surface area contributed by atoms with Crippen molar-refractivity contribution in [1.82, 2.24) is 9.80 Å². The molecule has 1 saturated heterocycles. The molecule has 25 heavy (non-hydrogen) atoms. The Bertz CT molecular complexity index is 588. The molecule has 1 aliphatic rings. The van der Waals surface area contributed by atoms with E-state index in [-0.39, 0.29) is 19.0 Å². The third kappa shape index (κ3) is 6.74. The molecule has 0 bridgehead atoms. The van der Waals surface area contributed by atoms with E-state index in [0.29, 0.717) is 43.3 Å². The van der Waals surface area contributed by atoms with Gasteiger partial charge in [0.15, 0.2) is 0 Å². The summed E-state index contributed by atoms with van der Waals surface area (Å²) in [5.41, 5.74) is 0.923. The summed E-state index contributed by atoms with van der Waals surface area (Å²) in [6.45, 7) is 2.57. The molecule has 140 valence electrons. The standard InChI is InChI=1S/C17H22ClF3N2O2/c1-13-11-14(4-5-15(13)18)25-10-2-3-16(24)23-8-6-22(7-9-23)12-17(19,20)21/h4-5,11H,2-3,6-10,12H2,1H3. The summed E-state index contributed by atoms with van der Waals surface area (Å²) in [4.78, 5) is 15.1. The molecule has 0 N–H and O–H groups in total. The number of alkyl halides is 3. The van der Waals surface area contributed by atoms with Crippen LogP contribution in [0, 0.1) is 6.92 Å². The lowest BCUT2D eigenvalue weighted by Gasteiger charge is -2.35. The zero-order valence-electron chi connectivity index (χ0n) is 14.1. The maximum Gasteiger partial charge on any atom is 0.401 e. The van der Waals surface area contributed by atoms with Gasteiger partial charge in [-0.15, -0.1) is 0 Å². The molecule has 0 radical (unpaired) electrons. The van der Waals surface area contributed by atoms with Gasteiger partial charge < -0.3 is 9.64 Å². The Balaban J connectivity index is 1.65. The molecule has 1 aliphatic heterocycles. The van der Waals surface area contributed by atoms with Gasteiger partial charge in [0.05, 0.1) is 13.2 Å². The van der Waals surface area contributed by atoms with Gasteiger partial charge in [-0.2, -0.15) is 13.2 Å². The maximum absolute atomic E-state index is 12.3. The number of carbonyl (C=O) groups excluding carboxylic acids is 1. The number of halogens is 4. The van der Waals surface area contributed by atoms with Gasteiger partial charge in [-0.05, 0) is 37.1 Å². The smallest absolute Gasteiger partial charge is 0.401 e. The fraction of sp³-hybridized carbons (Fsp3) is 0.588. The topological polar surface area (TPSA) is 32.8 Å². The largest absolute Gasteiger partial charge is 0.494 e. The van der Waals surface area contributed by atoms with Crippen molar-refractivity contribution < 1.29 is 22.7 Å². The van der Waals surface area contributed by atoms with Gasteiger partial charge in [-0.25, -0.2) is 0 Å². The molecule has 2 rings (SSSR count). The fourth-order valence-electron chi connectivity index (χ4n) is 2.69. The summed E-state index contributed by atoms with van der Waals surface area (Å²) in [6.07, 6.45) is -3.31. The lowest BCUT2D eigenvalue weighted by molar-refractivity contribution is -0.151. The molecular formula is C17H22ClF3N2O2. The zero-order chi connectivity index (χ0) is 18.4. The number of piperazine rings is 1. The van der Waals surface area contributed by atoms with E-state index >= 15 is 0 Å². The van der Waals surface area contributed by atoms with Crippen LogP contribution >= 0.6 is 11.6 Å². The van der Waals surface area contributed by atoms with E-state index in [9.17, 15) is 18.0 Å². The van der Waals surface area contributed by atoms with E-state index in [0.717, 1.165) is 5.56 Å². The van der Waals surface area contributed by atoms with Crippen molar-refractivity contribution in [2.24, 2.45) is 0 Å². The zero-order valence-corrected chi connectivity index (χ0v) is 14.9. The molecule has 4 nitrogen and oxygen atoms in total. The molecule has 1 amide bonds. The molecule has 0 saturated carbocycles. The summed E-state index contributed by atoms with van der Waals surface area (Å²) in [7, 11) is 0. The van der Waals surface area contributed by atoms with Crippen LogP contribution in [0.25, 0.3) is 0 Å². The van der Waals surface area contributed by atoms with Gasteiger partial charge in [0.1, 0.15) is 5.75 Å². The minimum atomic E-state index is -4.19. The van der Waals surface area contributed by atoms with Crippen LogP contribution in [0.2, 0.25) is 5.02 Å². The number of benzene rings is 1. The molecule has 1 fully saturated rings. The number of ether oxygens (including phenoxy) is 1. The predicted molar refractivity (Wildman–Crippen MR) is 90.0 cm³/mol. The van der Waals surface area contributed by atoms with Crippen LogP contribution in [0.15, 0.2) is 18.2 Å². The lowest BCUT2D eigenvalue weighted by atomic mass is 10.2. The van der Waals surface area contributed by atoms with Gasteiger partial charge in [-0.3, -0.25) is 9.69 Å². The molecule has 1 aromatic carbocycles. The average molecular weight is 379 g/mol. The summed E-state index contributed by atoms with van der Waals surface area (Å²) in [6, 6.07) is 5.37. The van der Waals surface area contributed by atoms with Crippen molar-refractivity contribution in [3.05, 3.63) is 28.8 Å². The lowest BCUT2D eigenvalue weighted by Crippen LogP contribution is -2.50. The highest BCUT2D eigenvalue weighted by molar-refractivity contribution is 6.31. The first kappa shape index (κ1) is 19.8. The molecule has 1 aromatic rings. The molecule has 0 unspecified atom stereocenters. The summed E-state index contributed by atoms with van der Waals surface area (Å²) < 4.78 is 42.6. The highest BCUT2D eigenvalue weighted by Crippen LogP contribution is 2.21. The first-order valence-electron chi connectivity index (χ1n) is 8.20. The van der Waals surface area contributed by atoms with Crippen molar-refractivity contribution in [3.63, 3.8) is 0 Å². The van der Waals surface area contributed by atoms with Crippen molar-refractivity contribution in [3.8, 4) is 5.75 Å². The van der Waals surface area contributed by atoms with Gasteiger partial charge in [0, 0.05) is 37.6 Å². The van der Waals surface area contributed by atoms with Gasteiger partial charge in [0.25, 0.3) is 0 Å². The fourth-order valence-corrected chi connectivity index (χ4v) is 2.80. The van der Waals surface area contributed by atoms with E-state index in [1.54, 1.807) is 17.0 Å². The highest BCUT2D eigenvalue weighted by atomic mass is 35.5. The van der Waals surface area contributed by atoms with E-state index in [1.807, 2.05) is 13.0 Å². The third-order valence-corrected chi connectivity index (χ3v) is 4.49. The molecule has 8 heteroatoms. The monoisotopic (exact) mass is 378 g/mol. The van der Waals surface area contributed by atoms with Crippen molar-refractivity contribution in [2.75, 3.05) is 39.3 Å². The minimum Gasteiger partial charge on any atom is -0.494 e. The van der Waals surface area contributed by atoms with Crippen LogP contribution in [0.1, 0.15) is 18.4 Å². The Morgan fingerprint density at radius 2 is 1.92 bits per heavy atom. The van der Waals surface area contributed by atoms with Crippen molar-refractivity contribution in [1.29, 1.82) is 0 Å². The number of rotatable bonds is 6. The molecule has 1 heterocycles. The van der Waals surface area contributed by atoms with Crippen molar-refractivity contribution in [2.45, 2.75) is 25.9 Å². The molecule has 0 spiro atoms. The first-order valence-corrected chi connectivity index (χ1v) is 8.58. The van der Waals surface area contributed by atoms with Crippen LogP contribution < -0.4 is 4.74 Å². The Morgan fingerprint density at radius 3 is 2.52 bits per heavy atom. The van der Waals surface area contributed by atoms with E-state index < -0.39 is 12.7 Å². The number of carbonyl (C=O) groups is 1. The number of nitrogens with zero attached hydrogens (tertiary/aromatic N) is 2. The Morgan fingerprint density at radius 1 is 1.24 bits per heavy atom. The van der Waals surface area contributed by atoms with Gasteiger partial charge in [0.2, 0.25) is 5.91 Å². The van der Waals surface area contributed by atoms with Gasteiger partial charge >= 0.3 is 6.18 Å². The van der Waals surface area contributed by atoms with Crippen LogP contribution in [0.4, 0.5) is 13.2 Å². The Labute approximate surface area is 150 Å². The second kappa shape index (κ2) is 8.76. The second-order valence-electron chi connectivity index (χ2n) is 6.14. The predicted octanol–water partition coefficient (Wildman–Crippen LogP) is 3.51. The van der Waals surface area contributed by atoms with Crippen molar-refractivity contribution >= 4 is 17.5 Å². The molecular weight excluding hydrogens is 357 g/mol. The third-order valence-electron chi connectivity index (χ3n) is 4.06. The van der Waals surface area contributed by atoms with E-state index in [4.69, 9.17) is 16.3 Å². The minimum absolute atomic E-state index is 0.0393. The Hall–Kier alpha value is -1.47. The van der Waals surface area contributed by atoms with E-state index in [2.05, 4.69) is 0 Å². The number of hydrogen-bond acceptors (Lipinski definition) is 3. The number of amides is 1. The molecule has 0 atom stereocenters. The van der Waals surface area contributed by atoms with Crippen LogP contribution in [-0.4, -0.2) is 61.2 Å². The second-order valence-corrected chi connectivity index (χ2v) is 6.54. The number of aryl methyl sites for hydroxylation is 1. The Kier molecular flexibility index (Phi) is 6.95. The summed E-state index contributed by atoms with van der Waals surface area (Å²) in [5, 5.41) is 0.673. The quantitative estimate of drug-likeness (QED) is 0.710. The SMILES string of the molecule is Cc1cc(OCCCC(=O)N2CCN(CC(F)(F)F)CC2)ccc1Cl. The molecule has 0 aromatic heterocycles. The van der Waals surface area contributed by atoms with Crippen LogP contribution in [0.3, 0.4) is 0 Å². The highest BCUT2D eigenvalue weighted by Gasteiger charge is 2.32. The molecule has 0 aliphatic carbocycles. The average Bonchev–Trinajstić information content (AvgIpc) is 2.54.